The number of phenols is 2. The summed E-state index contributed by atoms with van der Waals surface area (Å²) < 4.78 is 0. The molecule has 2 fully saturated rings. The van der Waals surface area contributed by atoms with Crippen molar-refractivity contribution in [2.45, 2.75) is 143 Å². The van der Waals surface area contributed by atoms with E-state index in [1.165, 1.54) is 30.4 Å². The second-order valence-electron chi connectivity index (χ2n) is 16.7. The largest absolute Gasteiger partial charge is 0.507 e. The van der Waals surface area contributed by atoms with E-state index < -0.39 is 0 Å². The van der Waals surface area contributed by atoms with Crippen LogP contribution in [-0.4, -0.2) is 39.1 Å². The average Bonchev–Trinajstić information content (AvgIpc) is 3.15. The standard InChI is InChI=1S/C36H56N2O2/c1-33(2,3)24-17-23(30(39)28(19-24)35(7,8)9)21-37-22-26-15-13-14-16-38(26)32(37)27-18-25(34(4,5)6)20-29(31(27)40)36(10,11)12/h17-20,26,32,39-40H,13-16,21-22H2,1-12H3/t26-,32+/m0/s1. The average molecular weight is 549 g/mol. The second-order valence-corrected chi connectivity index (χ2v) is 16.7. The maximum absolute atomic E-state index is 11.9. The van der Waals surface area contributed by atoms with Crippen LogP contribution in [0.4, 0.5) is 0 Å². The van der Waals surface area contributed by atoms with E-state index in [9.17, 15) is 10.2 Å². The molecule has 2 aliphatic rings. The summed E-state index contributed by atoms with van der Waals surface area (Å²) >= 11 is 0. The molecule has 0 spiro atoms. The molecule has 0 bridgehead atoms. The summed E-state index contributed by atoms with van der Waals surface area (Å²) in [6.07, 6.45) is 3.60. The van der Waals surface area contributed by atoms with Crippen LogP contribution in [0.25, 0.3) is 0 Å². The van der Waals surface area contributed by atoms with Gasteiger partial charge >= 0.3 is 0 Å². The summed E-state index contributed by atoms with van der Waals surface area (Å²) in [5.41, 5.74) is 6.16. The Balaban J connectivity index is 1.89. The Morgan fingerprint density at radius 2 is 1.20 bits per heavy atom. The molecule has 0 radical (unpaired) electrons. The fraction of sp³-hybridized carbons (Fsp3) is 0.667. The lowest BCUT2D eigenvalue weighted by Gasteiger charge is -2.37. The maximum Gasteiger partial charge on any atom is 0.125 e. The molecule has 2 heterocycles. The van der Waals surface area contributed by atoms with Gasteiger partial charge in [-0.25, -0.2) is 0 Å². The molecule has 4 heteroatoms. The monoisotopic (exact) mass is 548 g/mol. The van der Waals surface area contributed by atoms with Gasteiger partial charge in [-0.15, -0.1) is 0 Å². The minimum atomic E-state index is -0.175. The zero-order valence-corrected chi connectivity index (χ0v) is 27.5. The van der Waals surface area contributed by atoms with Crippen LogP contribution in [-0.2, 0) is 28.2 Å². The minimum Gasteiger partial charge on any atom is -0.507 e. The summed E-state index contributed by atoms with van der Waals surface area (Å²) in [6, 6.07) is 9.39. The molecule has 2 atom stereocenters. The summed E-state index contributed by atoms with van der Waals surface area (Å²) in [5, 5.41) is 23.6. The number of aromatic hydroxyl groups is 2. The summed E-state index contributed by atoms with van der Waals surface area (Å²) in [5.74, 6) is 0.858. The Labute approximate surface area is 244 Å². The second kappa shape index (κ2) is 10.3. The van der Waals surface area contributed by atoms with Crippen LogP contribution in [0.15, 0.2) is 24.3 Å². The Kier molecular flexibility index (Phi) is 8.00. The first-order chi connectivity index (χ1) is 18.2. The molecule has 2 aliphatic heterocycles. The fourth-order valence-corrected chi connectivity index (χ4v) is 6.54. The van der Waals surface area contributed by atoms with Crippen molar-refractivity contribution in [3.63, 3.8) is 0 Å². The minimum absolute atomic E-state index is 0.0226. The Hall–Kier alpha value is -2.04. The van der Waals surface area contributed by atoms with Gasteiger partial charge in [-0.3, -0.25) is 9.80 Å². The van der Waals surface area contributed by atoms with Gasteiger partial charge in [-0.1, -0.05) is 108 Å². The number of phenolic OH excluding ortho intramolecular Hbond substituents is 2. The smallest absolute Gasteiger partial charge is 0.125 e. The molecule has 222 valence electrons. The number of nitrogens with zero attached hydrogens (tertiary/aromatic N) is 2. The van der Waals surface area contributed by atoms with Gasteiger partial charge in [0.25, 0.3) is 0 Å². The highest BCUT2D eigenvalue weighted by Crippen LogP contribution is 2.47. The molecule has 2 aromatic rings. The topological polar surface area (TPSA) is 46.9 Å². The van der Waals surface area contributed by atoms with Crippen LogP contribution >= 0.6 is 0 Å². The van der Waals surface area contributed by atoms with Crippen molar-refractivity contribution in [3.05, 3.63) is 57.6 Å². The first kappa shape index (κ1) is 30.9. The highest BCUT2D eigenvalue weighted by atomic mass is 16.3. The number of benzene rings is 2. The molecular weight excluding hydrogens is 492 g/mol. The van der Waals surface area contributed by atoms with Gasteiger partial charge < -0.3 is 10.2 Å². The van der Waals surface area contributed by atoms with Gasteiger partial charge in [-0.2, -0.15) is 0 Å². The van der Waals surface area contributed by atoms with E-state index >= 15 is 0 Å². The van der Waals surface area contributed by atoms with Crippen molar-refractivity contribution in [3.8, 4) is 11.5 Å². The Morgan fingerprint density at radius 1 is 0.675 bits per heavy atom. The van der Waals surface area contributed by atoms with Crippen molar-refractivity contribution >= 4 is 0 Å². The van der Waals surface area contributed by atoms with Crippen LogP contribution in [0.2, 0.25) is 0 Å². The third-order valence-corrected chi connectivity index (χ3v) is 9.11. The van der Waals surface area contributed by atoms with Crippen molar-refractivity contribution in [1.82, 2.24) is 9.80 Å². The summed E-state index contributed by atoms with van der Waals surface area (Å²) in [6.45, 7) is 29.3. The lowest BCUT2D eigenvalue weighted by molar-refractivity contribution is 0.0947. The molecule has 0 amide bonds. The number of piperidine rings is 1. The zero-order valence-electron chi connectivity index (χ0n) is 27.5. The van der Waals surface area contributed by atoms with E-state index in [0.29, 0.717) is 24.1 Å². The van der Waals surface area contributed by atoms with Crippen molar-refractivity contribution in [1.29, 1.82) is 0 Å². The molecule has 4 nitrogen and oxygen atoms in total. The number of hydrogen-bond donors (Lipinski definition) is 2. The molecular formula is C36H56N2O2. The lowest BCUT2D eigenvalue weighted by Crippen LogP contribution is -2.38. The van der Waals surface area contributed by atoms with E-state index in [1.807, 2.05) is 0 Å². The van der Waals surface area contributed by atoms with Crippen molar-refractivity contribution in [2.75, 3.05) is 13.1 Å². The van der Waals surface area contributed by atoms with Gasteiger partial charge in [-0.05, 0) is 62.8 Å². The number of fused-ring (bicyclic) bond motifs is 1. The third-order valence-electron chi connectivity index (χ3n) is 9.11. The predicted molar refractivity (Wildman–Crippen MR) is 169 cm³/mol. The van der Waals surface area contributed by atoms with Gasteiger partial charge in [0.05, 0.1) is 6.17 Å². The molecule has 2 saturated heterocycles. The van der Waals surface area contributed by atoms with Crippen molar-refractivity contribution < 1.29 is 10.2 Å². The van der Waals surface area contributed by atoms with Crippen LogP contribution in [0.3, 0.4) is 0 Å². The zero-order chi connectivity index (χ0) is 30.0. The molecule has 0 aromatic heterocycles. The first-order valence-corrected chi connectivity index (χ1v) is 15.4. The molecule has 40 heavy (non-hydrogen) atoms. The molecule has 2 N–H and O–H groups in total. The van der Waals surface area contributed by atoms with Crippen LogP contribution in [0.1, 0.15) is 142 Å². The summed E-state index contributed by atoms with van der Waals surface area (Å²) in [7, 11) is 0. The maximum atomic E-state index is 11.9. The van der Waals surface area contributed by atoms with Gasteiger partial charge in [0, 0.05) is 36.8 Å². The third kappa shape index (κ3) is 6.09. The molecule has 4 rings (SSSR count). The SMILES string of the molecule is CC(C)(C)c1cc(CN2C[C@@H]3CCCCN3[C@@H]2c2cc(C(C)(C)C)cc(C(C)(C)C)c2O)c(O)c(C(C)(C)C)c1. The van der Waals surface area contributed by atoms with Gasteiger partial charge in [0.2, 0.25) is 0 Å². The Morgan fingerprint density at radius 3 is 1.73 bits per heavy atom. The van der Waals surface area contributed by atoms with Crippen LogP contribution in [0, 0.1) is 0 Å². The van der Waals surface area contributed by atoms with E-state index in [-0.39, 0.29) is 27.8 Å². The van der Waals surface area contributed by atoms with Crippen LogP contribution in [0.5, 0.6) is 11.5 Å². The number of hydrogen-bond acceptors (Lipinski definition) is 4. The molecule has 2 aromatic carbocycles. The highest BCUT2D eigenvalue weighted by molar-refractivity contribution is 5.51. The number of rotatable bonds is 3. The highest BCUT2D eigenvalue weighted by Gasteiger charge is 2.44. The molecule has 0 unspecified atom stereocenters. The first-order valence-electron chi connectivity index (χ1n) is 15.4. The van der Waals surface area contributed by atoms with Crippen LogP contribution < -0.4 is 0 Å². The Bertz CT molecular complexity index is 1230. The molecule has 0 saturated carbocycles. The summed E-state index contributed by atoms with van der Waals surface area (Å²) in [4.78, 5) is 5.16. The van der Waals surface area contributed by atoms with E-state index in [4.69, 9.17) is 0 Å². The van der Waals surface area contributed by atoms with E-state index in [2.05, 4.69) is 117 Å². The van der Waals surface area contributed by atoms with Crippen molar-refractivity contribution in [2.24, 2.45) is 0 Å². The normalized spacial score (nSPS) is 21.6. The quantitative estimate of drug-likeness (QED) is 0.403. The predicted octanol–water partition coefficient (Wildman–Crippen LogP) is 8.66. The van der Waals surface area contributed by atoms with E-state index in [0.717, 1.165) is 35.3 Å². The van der Waals surface area contributed by atoms with E-state index in [1.54, 1.807) is 0 Å². The van der Waals surface area contributed by atoms with Gasteiger partial charge in [0.15, 0.2) is 0 Å². The fourth-order valence-electron chi connectivity index (χ4n) is 6.54. The molecule has 0 aliphatic carbocycles. The van der Waals surface area contributed by atoms with Gasteiger partial charge in [0.1, 0.15) is 11.5 Å². The lowest BCUT2D eigenvalue weighted by atomic mass is 9.78.